The highest BCUT2D eigenvalue weighted by molar-refractivity contribution is 9.10. The molecule has 21 heavy (non-hydrogen) atoms. The van der Waals surface area contributed by atoms with E-state index in [1.54, 1.807) is 27.1 Å². The maximum absolute atomic E-state index is 12.6. The summed E-state index contributed by atoms with van der Waals surface area (Å²) in [5, 5.41) is 4.88. The number of aryl methyl sites for hydroxylation is 1. The van der Waals surface area contributed by atoms with Gasteiger partial charge in [0.1, 0.15) is 16.4 Å². The lowest BCUT2D eigenvalue weighted by Crippen LogP contribution is -2.26. The van der Waals surface area contributed by atoms with E-state index < -0.39 is 10.0 Å². The van der Waals surface area contributed by atoms with E-state index in [1.807, 2.05) is 11.4 Å². The fourth-order valence-electron chi connectivity index (χ4n) is 1.95. The molecule has 0 radical (unpaired) electrons. The summed E-state index contributed by atoms with van der Waals surface area (Å²) >= 11 is 4.89. The zero-order valence-electron chi connectivity index (χ0n) is 12.0. The summed E-state index contributed by atoms with van der Waals surface area (Å²) in [5.41, 5.74) is 0. The molecule has 0 fully saturated rings. The molecule has 0 saturated heterocycles. The fourth-order valence-corrected chi connectivity index (χ4v) is 4.87. The van der Waals surface area contributed by atoms with E-state index in [2.05, 4.69) is 21.2 Å². The van der Waals surface area contributed by atoms with Gasteiger partial charge in [0, 0.05) is 34.4 Å². The third-order valence-electron chi connectivity index (χ3n) is 2.96. The minimum absolute atomic E-state index is 0.228. The Morgan fingerprint density at radius 3 is 2.71 bits per heavy atom. The van der Waals surface area contributed by atoms with Crippen molar-refractivity contribution >= 4 is 37.3 Å². The third-order valence-corrected chi connectivity index (χ3v) is 6.56. The first-order valence-electron chi connectivity index (χ1n) is 6.27. The normalized spacial score (nSPS) is 12.2. The van der Waals surface area contributed by atoms with Crippen LogP contribution in [0.5, 0.6) is 0 Å². The molecular formula is C13H17BrN2O3S2. The highest BCUT2D eigenvalue weighted by atomic mass is 79.9. The van der Waals surface area contributed by atoms with Crippen molar-refractivity contribution in [3.63, 3.8) is 0 Å². The van der Waals surface area contributed by atoms with Crippen molar-refractivity contribution in [3.8, 4) is 0 Å². The Hall–Kier alpha value is -0.670. The van der Waals surface area contributed by atoms with Gasteiger partial charge in [-0.25, -0.2) is 8.42 Å². The second kappa shape index (κ2) is 6.62. The fraction of sp³-hybridized carbons (Fsp3) is 0.385. The number of halogens is 1. The van der Waals surface area contributed by atoms with Crippen LogP contribution in [-0.4, -0.2) is 26.8 Å². The SMILES string of the molecule is CNCc1cc(S(=O)(=O)N(C)Cc2cc(Br)cs2)c(C)o1. The Bertz CT molecular complexity index is 722. The van der Waals surface area contributed by atoms with Crippen molar-refractivity contribution in [3.05, 3.63) is 38.4 Å². The summed E-state index contributed by atoms with van der Waals surface area (Å²) in [6.07, 6.45) is 0. The maximum atomic E-state index is 12.6. The van der Waals surface area contributed by atoms with Crippen LogP contribution in [0.4, 0.5) is 0 Å². The van der Waals surface area contributed by atoms with E-state index in [4.69, 9.17) is 4.42 Å². The van der Waals surface area contributed by atoms with E-state index >= 15 is 0 Å². The zero-order valence-corrected chi connectivity index (χ0v) is 15.2. The van der Waals surface area contributed by atoms with Gasteiger partial charge in [0.15, 0.2) is 0 Å². The van der Waals surface area contributed by atoms with Gasteiger partial charge in [-0.15, -0.1) is 11.3 Å². The van der Waals surface area contributed by atoms with Crippen molar-refractivity contribution in [1.82, 2.24) is 9.62 Å². The Labute approximate surface area is 137 Å². The van der Waals surface area contributed by atoms with Crippen LogP contribution in [0.2, 0.25) is 0 Å². The first-order chi connectivity index (χ1) is 9.84. The number of thiophene rings is 1. The van der Waals surface area contributed by atoms with Crippen LogP contribution < -0.4 is 5.32 Å². The lowest BCUT2D eigenvalue weighted by molar-refractivity contribution is 0.453. The van der Waals surface area contributed by atoms with Crippen LogP contribution in [0, 0.1) is 6.92 Å². The van der Waals surface area contributed by atoms with Crippen molar-refractivity contribution in [2.24, 2.45) is 0 Å². The summed E-state index contributed by atoms with van der Waals surface area (Å²) in [5.74, 6) is 1.03. The van der Waals surface area contributed by atoms with Gasteiger partial charge in [-0.1, -0.05) is 0 Å². The second-order valence-electron chi connectivity index (χ2n) is 4.66. The maximum Gasteiger partial charge on any atom is 0.246 e. The number of nitrogens with zero attached hydrogens (tertiary/aromatic N) is 1. The molecule has 0 amide bonds. The monoisotopic (exact) mass is 392 g/mol. The quantitative estimate of drug-likeness (QED) is 0.820. The standard InChI is InChI=1S/C13H17BrN2O3S2/c1-9-13(5-11(19-9)6-15-2)21(17,18)16(3)7-12-4-10(14)8-20-12/h4-5,8,15H,6-7H2,1-3H3. The molecule has 1 N–H and O–H groups in total. The van der Waals surface area contributed by atoms with Gasteiger partial charge in [-0.3, -0.25) is 0 Å². The number of nitrogens with one attached hydrogen (secondary N) is 1. The molecule has 5 nitrogen and oxygen atoms in total. The molecular weight excluding hydrogens is 376 g/mol. The predicted molar refractivity (Wildman–Crippen MR) is 86.9 cm³/mol. The Balaban J connectivity index is 2.24. The molecule has 0 bridgehead atoms. The molecule has 0 saturated carbocycles. The molecule has 0 spiro atoms. The highest BCUT2D eigenvalue weighted by Crippen LogP contribution is 2.26. The van der Waals surface area contributed by atoms with Crippen LogP contribution in [-0.2, 0) is 23.1 Å². The predicted octanol–water partition coefficient (Wildman–Crippen LogP) is 2.95. The van der Waals surface area contributed by atoms with Crippen LogP contribution in [0.1, 0.15) is 16.4 Å². The van der Waals surface area contributed by atoms with Crippen molar-refractivity contribution in [1.29, 1.82) is 0 Å². The van der Waals surface area contributed by atoms with Crippen LogP contribution in [0.25, 0.3) is 0 Å². The minimum Gasteiger partial charge on any atom is -0.464 e. The van der Waals surface area contributed by atoms with Crippen molar-refractivity contribution in [2.45, 2.75) is 24.9 Å². The number of rotatable bonds is 6. The van der Waals surface area contributed by atoms with Gasteiger partial charge in [0.25, 0.3) is 0 Å². The van der Waals surface area contributed by atoms with Gasteiger partial charge in [-0.2, -0.15) is 4.31 Å². The Morgan fingerprint density at radius 1 is 1.43 bits per heavy atom. The summed E-state index contributed by atoms with van der Waals surface area (Å²) in [6, 6.07) is 3.51. The Morgan fingerprint density at radius 2 is 2.14 bits per heavy atom. The molecule has 8 heteroatoms. The molecule has 2 heterocycles. The molecule has 0 aromatic carbocycles. The third kappa shape index (κ3) is 3.75. The first-order valence-corrected chi connectivity index (χ1v) is 9.39. The molecule has 0 aliphatic carbocycles. The second-order valence-corrected chi connectivity index (χ2v) is 8.58. The number of hydrogen-bond acceptors (Lipinski definition) is 5. The Kier molecular flexibility index (Phi) is 5.26. The lowest BCUT2D eigenvalue weighted by atomic mass is 10.4. The van der Waals surface area contributed by atoms with Crippen LogP contribution >= 0.6 is 27.3 Å². The highest BCUT2D eigenvalue weighted by Gasteiger charge is 2.26. The first kappa shape index (κ1) is 16.7. The summed E-state index contributed by atoms with van der Waals surface area (Å²) in [6.45, 7) is 2.50. The van der Waals surface area contributed by atoms with Crippen molar-refractivity contribution in [2.75, 3.05) is 14.1 Å². The summed E-state index contributed by atoms with van der Waals surface area (Å²) < 4.78 is 33.0. The lowest BCUT2D eigenvalue weighted by Gasteiger charge is -2.15. The topological polar surface area (TPSA) is 62.6 Å². The van der Waals surface area contributed by atoms with E-state index in [0.717, 1.165) is 9.35 Å². The molecule has 0 unspecified atom stereocenters. The average molecular weight is 393 g/mol. The van der Waals surface area contributed by atoms with Crippen LogP contribution in [0.3, 0.4) is 0 Å². The molecule has 2 rings (SSSR count). The van der Waals surface area contributed by atoms with Gasteiger partial charge in [0.05, 0.1) is 6.54 Å². The average Bonchev–Trinajstić information content (AvgIpc) is 2.96. The molecule has 2 aromatic heterocycles. The zero-order chi connectivity index (χ0) is 15.6. The molecule has 0 atom stereocenters. The molecule has 116 valence electrons. The van der Waals surface area contributed by atoms with Gasteiger partial charge in [-0.05, 0) is 36.0 Å². The van der Waals surface area contributed by atoms with Gasteiger partial charge < -0.3 is 9.73 Å². The van der Waals surface area contributed by atoms with E-state index in [9.17, 15) is 8.42 Å². The number of hydrogen-bond donors (Lipinski definition) is 1. The minimum atomic E-state index is -3.55. The van der Waals surface area contributed by atoms with Crippen LogP contribution in [0.15, 0.2) is 31.3 Å². The largest absolute Gasteiger partial charge is 0.464 e. The molecule has 0 aliphatic heterocycles. The van der Waals surface area contributed by atoms with Gasteiger partial charge in [0.2, 0.25) is 10.0 Å². The summed E-state index contributed by atoms with van der Waals surface area (Å²) in [7, 11) is -0.192. The van der Waals surface area contributed by atoms with Crippen molar-refractivity contribution < 1.29 is 12.8 Å². The van der Waals surface area contributed by atoms with Gasteiger partial charge >= 0.3 is 0 Å². The number of furan rings is 1. The summed E-state index contributed by atoms with van der Waals surface area (Å²) in [4.78, 5) is 1.20. The smallest absolute Gasteiger partial charge is 0.246 e. The molecule has 0 aliphatic rings. The number of sulfonamides is 1. The van der Waals surface area contributed by atoms with E-state index in [-0.39, 0.29) is 4.90 Å². The van der Waals surface area contributed by atoms with E-state index in [0.29, 0.717) is 24.6 Å². The molecule has 2 aromatic rings. The van der Waals surface area contributed by atoms with E-state index in [1.165, 1.54) is 15.6 Å².